The van der Waals surface area contributed by atoms with Crippen molar-refractivity contribution in [3.8, 4) is 0 Å². The number of H-pyrrole nitrogens is 1. The van der Waals surface area contributed by atoms with Crippen LogP contribution in [0, 0.1) is 0 Å². The number of fused-ring (bicyclic) bond motifs is 1. The molecule has 2 N–H and O–H groups in total. The monoisotopic (exact) mass is 311 g/mol. The van der Waals surface area contributed by atoms with Gasteiger partial charge in [-0.1, -0.05) is 6.92 Å². The van der Waals surface area contributed by atoms with Gasteiger partial charge < -0.3 is 10.3 Å². The molecule has 0 saturated carbocycles. The molecule has 0 spiro atoms. The molecule has 0 aliphatic carbocycles. The van der Waals surface area contributed by atoms with Crippen LogP contribution in [-0.2, 0) is 0 Å². The second kappa shape index (κ2) is 6.62. The molecule has 6 heteroatoms. The van der Waals surface area contributed by atoms with Crippen molar-refractivity contribution in [2.75, 3.05) is 18.1 Å². The Morgan fingerprint density at radius 2 is 2.23 bits per heavy atom. The quantitative estimate of drug-likeness (QED) is 0.567. The van der Waals surface area contributed by atoms with E-state index in [-0.39, 0.29) is 0 Å². The molecular formula is C16H17N5S. The van der Waals surface area contributed by atoms with Crippen molar-refractivity contribution >= 4 is 39.3 Å². The third-order valence-electron chi connectivity index (χ3n) is 3.17. The summed E-state index contributed by atoms with van der Waals surface area (Å²) >= 11 is 1.68. The van der Waals surface area contributed by atoms with E-state index in [1.54, 1.807) is 25.0 Å². The van der Waals surface area contributed by atoms with Gasteiger partial charge in [-0.05, 0) is 36.1 Å². The highest BCUT2D eigenvalue weighted by Crippen LogP contribution is 2.20. The first-order valence-corrected chi connectivity index (χ1v) is 8.06. The Kier molecular flexibility index (Phi) is 4.39. The van der Waals surface area contributed by atoms with Gasteiger partial charge in [0.1, 0.15) is 10.7 Å². The van der Waals surface area contributed by atoms with Crippen LogP contribution in [0.2, 0.25) is 0 Å². The number of anilines is 2. The number of nitrogens with one attached hydrogen (secondary N) is 2. The summed E-state index contributed by atoms with van der Waals surface area (Å²) in [4.78, 5) is 16.3. The number of rotatable bonds is 4. The number of hydrogen-bond donors (Lipinski definition) is 2. The molecule has 0 aliphatic rings. The summed E-state index contributed by atoms with van der Waals surface area (Å²) in [5, 5.41) is 5.32. The van der Waals surface area contributed by atoms with E-state index in [4.69, 9.17) is 0 Å². The molecule has 0 aliphatic heterocycles. The Labute approximate surface area is 133 Å². The second-order valence-corrected chi connectivity index (χ2v) is 5.88. The zero-order valence-electron chi connectivity index (χ0n) is 12.5. The lowest BCUT2D eigenvalue weighted by Gasteiger charge is -2.07. The molecule has 0 saturated heterocycles. The van der Waals surface area contributed by atoms with Crippen LogP contribution in [0.5, 0.6) is 0 Å². The number of aliphatic imine (C=N–C) groups is 1. The standard InChI is InChI=1S/C16H17N5S/c1-3-22-15(17-2)14-7-9-19-16(21-14)20-12-4-5-13-11(10-12)6-8-18-13/h4-10,18H,3H2,1-2H3,(H,19,20,21). The van der Waals surface area contributed by atoms with Crippen molar-refractivity contribution in [1.82, 2.24) is 15.0 Å². The lowest BCUT2D eigenvalue weighted by Crippen LogP contribution is -2.04. The lowest BCUT2D eigenvalue weighted by molar-refractivity contribution is 1.15. The maximum Gasteiger partial charge on any atom is 0.227 e. The number of nitrogens with zero attached hydrogens (tertiary/aromatic N) is 3. The Balaban J connectivity index is 1.85. The van der Waals surface area contributed by atoms with E-state index < -0.39 is 0 Å². The van der Waals surface area contributed by atoms with Crippen LogP contribution in [0.3, 0.4) is 0 Å². The van der Waals surface area contributed by atoms with Crippen LogP contribution in [0.1, 0.15) is 12.6 Å². The van der Waals surface area contributed by atoms with Gasteiger partial charge in [0.05, 0.1) is 0 Å². The molecule has 3 rings (SSSR count). The highest BCUT2D eigenvalue weighted by molar-refractivity contribution is 8.14. The molecule has 5 nitrogen and oxygen atoms in total. The van der Waals surface area contributed by atoms with Crippen molar-refractivity contribution in [2.24, 2.45) is 4.99 Å². The van der Waals surface area contributed by atoms with Gasteiger partial charge in [-0.2, -0.15) is 0 Å². The normalized spacial score (nSPS) is 11.8. The van der Waals surface area contributed by atoms with Crippen LogP contribution in [0.25, 0.3) is 10.9 Å². The number of hydrogen-bond acceptors (Lipinski definition) is 5. The molecule has 0 atom stereocenters. The SMILES string of the molecule is CCSC(=NC)c1ccnc(Nc2ccc3[nH]ccc3c2)n1. The van der Waals surface area contributed by atoms with E-state index in [2.05, 4.69) is 38.3 Å². The van der Waals surface area contributed by atoms with E-state index in [1.807, 2.05) is 30.5 Å². The second-order valence-electron chi connectivity index (χ2n) is 4.63. The van der Waals surface area contributed by atoms with Crippen molar-refractivity contribution in [2.45, 2.75) is 6.92 Å². The minimum atomic E-state index is 0.574. The average molecular weight is 311 g/mol. The summed E-state index contributed by atoms with van der Waals surface area (Å²) in [6.07, 6.45) is 3.68. The van der Waals surface area contributed by atoms with Gasteiger partial charge in [0.25, 0.3) is 0 Å². The summed E-state index contributed by atoms with van der Waals surface area (Å²) in [6.45, 7) is 2.10. The molecule has 2 heterocycles. The van der Waals surface area contributed by atoms with Crippen molar-refractivity contribution in [3.05, 3.63) is 48.4 Å². The zero-order chi connectivity index (χ0) is 15.4. The molecule has 2 aromatic heterocycles. The summed E-state index contributed by atoms with van der Waals surface area (Å²) in [5.41, 5.74) is 2.91. The molecule has 0 bridgehead atoms. The number of thioether (sulfide) groups is 1. The van der Waals surface area contributed by atoms with Gasteiger partial charge in [-0.25, -0.2) is 9.97 Å². The highest BCUT2D eigenvalue weighted by Gasteiger charge is 2.07. The summed E-state index contributed by atoms with van der Waals surface area (Å²) in [5.74, 6) is 1.54. The van der Waals surface area contributed by atoms with E-state index in [0.29, 0.717) is 5.95 Å². The van der Waals surface area contributed by atoms with E-state index >= 15 is 0 Å². The Hall–Kier alpha value is -2.34. The molecule has 22 heavy (non-hydrogen) atoms. The molecular weight excluding hydrogens is 294 g/mol. The number of aromatic amines is 1. The van der Waals surface area contributed by atoms with Crippen molar-refractivity contribution in [1.29, 1.82) is 0 Å². The van der Waals surface area contributed by atoms with Gasteiger partial charge in [0, 0.05) is 36.0 Å². The summed E-state index contributed by atoms with van der Waals surface area (Å²) < 4.78 is 0. The third kappa shape index (κ3) is 3.12. The lowest BCUT2D eigenvalue weighted by atomic mass is 10.2. The van der Waals surface area contributed by atoms with E-state index in [0.717, 1.165) is 33.1 Å². The molecule has 3 aromatic rings. The minimum Gasteiger partial charge on any atom is -0.361 e. The Morgan fingerprint density at radius 3 is 3.05 bits per heavy atom. The van der Waals surface area contributed by atoms with Gasteiger partial charge in [0.2, 0.25) is 5.95 Å². The number of aromatic nitrogens is 3. The summed E-state index contributed by atoms with van der Waals surface area (Å²) in [6, 6.07) is 10.0. The molecule has 0 radical (unpaired) electrons. The van der Waals surface area contributed by atoms with Crippen LogP contribution in [0.15, 0.2) is 47.7 Å². The zero-order valence-corrected chi connectivity index (χ0v) is 13.3. The highest BCUT2D eigenvalue weighted by atomic mass is 32.2. The fourth-order valence-corrected chi connectivity index (χ4v) is 2.85. The topological polar surface area (TPSA) is 66.0 Å². The first kappa shape index (κ1) is 14.6. The van der Waals surface area contributed by atoms with E-state index in [9.17, 15) is 0 Å². The van der Waals surface area contributed by atoms with Gasteiger partial charge in [0.15, 0.2) is 0 Å². The molecule has 0 fully saturated rings. The number of benzene rings is 1. The fourth-order valence-electron chi connectivity index (χ4n) is 2.19. The molecule has 112 valence electrons. The first-order valence-electron chi connectivity index (χ1n) is 7.07. The van der Waals surface area contributed by atoms with Crippen LogP contribution < -0.4 is 5.32 Å². The van der Waals surface area contributed by atoms with Crippen LogP contribution >= 0.6 is 11.8 Å². The Morgan fingerprint density at radius 1 is 1.32 bits per heavy atom. The van der Waals surface area contributed by atoms with Crippen molar-refractivity contribution < 1.29 is 0 Å². The smallest absolute Gasteiger partial charge is 0.227 e. The Bertz CT molecular complexity index is 809. The van der Waals surface area contributed by atoms with Gasteiger partial charge >= 0.3 is 0 Å². The largest absolute Gasteiger partial charge is 0.361 e. The average Bonchev–Trinajstić information content (AvgIpc) is 3.00. The van der Waals surface area contributed by atoms with Crippen LogP contribution in [0.4, 0.5) is 11.6 Å². The van der Waals surface area contributed by atoms with Gasteiger partial charge in [-0.3, -0.25) is 4.99 Å². The van der Waals surface area contributed by atoms with Crippen LogP contribution in [-0.4, -0.2) is 32.8 Å². The van der Waals surface area contributed by atoms with E-state index in [1.165, 1.54) is 0 Å². The third-order valence-corrected chi connectivity index (χ3v) is 4.12. The predicted octanol–water partition coefficient (Wildman–Crippen LogP) is 3.83. The predicted molar refractivity (Wildman–Crippen MR) is 94.2 cm³/mol. The molecule has 0 unspecified atom stereocenters. The minimum absolute atomic E-state index is 0.574. The van der Waals surface area contributed by atoms with Crippen molar-refractivity contribution in [3.63, 3.8) is 0 Å². The maximum atomic E-state index is 4.54. The molecule has 0 amide bonds. The fraction of sp³-hybridized carbons (Fsp3) is 0.188. The molecule has 1 aromatic carbocycles. The summed E-state index contributed by atoms with van der Waals surface area (Å²) in [7, 11) is 1.78. The van der Waals surface area contributed by atoms with Gasteiger partial charge in [-0.15, -0.1) is 11.8 Å². The first-order chi connectivity index (χ1) is 10.8. The maximum absolute atomic E-state index is 4.54.